The summed E-state index contributed by atoms with van der Waals surface area (Å²) in [6.45, 7) is 25.6. The molecule has 4 rings (SSSR count). The minimum Gasteiger partial charge on any atom is -0.443 e. The molecule has 0 N–H and O–H groups in total. The molecule has 2 aromatic carbocycles. The molecule has 2 aromatic rings. The standard InChI is InChI=1S/C37H56BNO5Si/c1-27(2)25-28-23-24-32(38-43-36(9,10)37(11,12)44-38)39(33(40)42-34(3,4)5)31(28)26-41-45(35(6,7)8,29-19-15-13-16-20-29)30-21-17-14-18-22-30/h13-22,24,27-28,31H,23,25-26H2,1-12H3. The summed E-state index contributed by atoms with van der Waals surface area (Å²) in [6, 6.07) is 21.1. The van der Waals surface area contributed by atoms with Gasteiger partial charge in [0.25, 0.3) is 8.32 Å². The number of hydrogen-bond acceptors (Lipinski definition) is 5. The van der Waals surface area contributed by atoms with E-state index in [1.807, 2.05) is 53.4 Å². The van der Waals surface area contributed by atoms with Gasteiger partial charge in [-0.05, 0) is 88.6 Å². The summed E-state index contributed by atoms with van der Waals surface area (Å²) < 4.78 is 26.7. The smallest absolute Gasteiger partial charge is 0.443 e. The molecular formula is C37H56BNO5Si. The maximum Gasteiger partial charge on any atom is 0.512 e. The fourth-order valence-corrected chi connectivity index (χ4v) is 11.3. The van der Waals surface area contributed by atoms with Gasteiger partial charge >= 0.3 is 13.2 Å². The highest BCUT2D eigenvalue weighted by Gasteiger charge is 2.57. The number of nitrogens with zero attached hydrogens (tertiary/aromatic N) is 1. The number of hydrogen-bond donors (Lipinski definition) is 0. The molecule has 8 heteroatoms. The van der Waals surface area contributed by atoms with Gasteiger partial charge in [0, 0.05) is 0 Å². The Morgan fingerprint density at radius 1 is 0.911 bits per heavy atom. The minimum absolute atomic E-state index is 0.168. The molecular weight excluding hydrogens is 577 g/mol. The Bertz CT molecular complexity index is 1270. The van der Waals surface area contributed by atoms with Gasteiger partial charge in [0.1, 0.15) is 5.60 Å². The molecule has 2 atom stereocenters. The maximum atomic E-state index is 14.3. The van der Waals surface area contributed by atoms with Crippen LogP contribution in [0.1, 0.15) is 95.9 Å². The van der Waals surface area contributed by atoms with Crippen molar-refractivity contribution in [1.29, 1.82) is 0 Å². The highest BCUT2D eigenvalue weighted by molar-refractivity contribution is 6.99. The van der Waals surface area contributed by atoms with Crippen LogP contribution in [0, 0.1) is 11.8 Å². The molecule has 246 valence electrons. The van der Waals surface area contributed by atoms with Crippen LogP contribution in [0.2, 0.25) is 5.04 Å². The van der Waals surface area contributed by atoms with Crippen molar-refractivity contribution < 1.29 is 23.3 Å². The lowest BCUT2D eigenvalue weighted by atomic mass is 9.75. The van der Waals surface area contributed by atoms with E-state index in [-0.39, 0.29) is 17.0 Å². The van der Waals surface area contributed by atoms with Crippen LogP contribution in [-0.2, 0) is 18.5 Å². The minimum atomic E-state index is -2.87. The Kier molecular flexibility index (Phi) is 10.3. The molecule has 0 aromatic heterocycles. The van der Waals surface area contributed by atoms with Crippen molar-refractivity contribution >= 4 is 31.9 Å². The molecule has 1 amide bonds. The van der Waals surface area contributed by atoms with E-state index < -0.39 is 38.3 Å². The zero-order valence-corrected chi connectivity index (χ0v) is 30.8. The van der Waals surface area contributed by atoms with E-state index in [9.17, 15) is 4.79 Å². The van der Waals surface area contributed by atoms with Crippen LogP contribution in [0.3, 0.4) is 0 Å². The first kappa shape index (κ1) is 35.5. The van der Waals surface area contributed by atoms with Crippen molar-refractivity contribution in [1.82, 2.24) is 4.90 Å². The van der Waals surface area contributed by atoms with Crippen LogP contribution in [0.4, 0.5) is 4.79 Å². The summed E-state index contributed by atoms with van der Waals surface area (Å²) in [6.07, 6.45) is 3.48. The largest absolute Gasteiger partial charge is 0.512 e. The molecule has 6 nitrogen and oxygen atoms in total. The molecule has 1 fully saturated rings. The average Bonchev–Trinajstić information content (AvgIpc) is 3.14. The van der Waals surface area contributed by atoms with Gasteiger partial charge in [-0.3, -0.25) is 4.90 Å². The summed E-state index contributed by atoms with van der Waals surface area (Å²) in [4.78, 5) is 16.1. The molecule has 2 aliphatic heterocycles. The zero-order valence-electron chi connectivity index (χ0n) is 29.8. The van der Waals surface area contributed by atoms with Crippen molar-refractivity contribution in [2.24, 2.45) is 11.8 Å². The fraction of sp³-hybridized carbons (Fsp3) is 0.595. The number of ether oxygens (including phenoxy) is 1. The normalized spacial score (nSPS) is 22.0. The molecule has 0 bridgehead atoms. The van der Waals surface area contributed by atoms with E-state index in [0.717, 1.165) is 12.8 Å². The highest BCUT2D eigenvalue weighted by atomic mass is 28.4. The summed E-state index contributed by atoms with van der Waals surface area (Å²) >= 11 is 0. The third kappa shape index (κ3) is 7.45. The molecule has 2 heterocycles. The van der Waals surface area contributed by atoms with Crippen molar-refractivity contribution in [2.45, 2.75) is 124 Å². The number of rotatable bonds is 8. The Hall–Kier alpha value is -2.39. The Balaban J connectivity index is 1.85. The Morgan fingerprint density at radius 3 is 1.82 bits per heavy atom. The van der Waals surface area contributed by atoms with E-state index in [1.54, 1.807) is 0 Å². The molecule has 1 saturated heterocycles. The van der Waals surface area contributed by atoms with Gasteiger partial charge in [-0.15, -0.1) is 0 Å². The van der Waals surface area contributed by atoms with E-state index in [4.69, 9.17) is 18.5 Å². The van der Waals surface area contributed by atoms with Crippen LogP contribution in [0.25, 0.3) is 0 Å². The van der Waals surface area contributed by atoms with E-state index in [0.29, 0.717) is 18.1 Å². The van der Waals surface area contributed by atoms with Gasteiger partial charge in [0.2, 0.25) is 0 Å². The van der Waals surface area contributed by atoms with Gasteiger partial charge in [-0.1, -0.05) is 101 Å². The van der Waals surface area contributed by atoms with E-state index in [2.05, 4.69) is 101 Å². The lowest BCUT2D eigenvalue weighted by Gasteiger charge is -2.47. The molecule has 2 unspecified atom stereocenters. The average molecular weight is 634 g/mol. The van der Waals surface area contributed by atoms with Crippen LogP contribution in [0.5, 0.6) is 0 Å². The van der Waals surface area contributed by atoms with Gasteiger partial charge in [-0.2, -0.15) is 0 Å². The lowest BCUT2D eigenvalue weighted by molar-refractivity contribution is 0.00578. The second-order valence-electron chi connectivity index (χ2n) is 16.2. The number of amides is 1. The van der Waals surface area contributed by atoms with Crippen molar-refractivity contribution in [3.63, 3.8) is 0 Å². The third-order valence-corrected chi connectivity index (χ3v) is 14.5. The molecule has 0 aliphatic carbocycles. The lowest BCUT2D eigenvalue weighted by Crippen LogP contribution is -2.68. The molecule has 0 spiro atoms. The summed E-state index contributed by atoms with van der Waals surface area (Å²) in [5.74, 6) is 0.611. The second kappa shape index (κ2) is 13.0. The van der Waals surface area contributed by atoms with Crippen LogP contribution in [0.15, 0.2) is 72.3 Å². The summed E-state index contributed by atoms with van der Waals surface area (Å²) in [5.41, 5.74) is -1.06. The summed E-state index contributed by atoms with van der Waals surface area (Å²) in [5, 5.41) is 2.23. The first-order chi connectivity index (χ1) is 20.8. The van der Waals surface area contributed by atoms with Crippen molar-refractivity contribution in [3.05, 3.63) is 72.3 Å². The maximum absolute atomic E-state index is 14.3. The quantitative estimate of drug-likeness (QED) is 0.278. The van der Waals surface area contributed by atoms with Gasteiger partial charge in [-0.25, -0.2) is 4.79 Å². The van der Waals surface area contributed by atoms with Crippen molar-refractivity contribution in [3.8, 4) is 0 Å². The SMILES string of the molecule is CC(C)CC1CC=C(B2OC(C)(C)C(C)(C)O2)N(C(=O)OC(C)(C)C)C1CO[Si](c1ccccc1)(c1ccccc1)C(C)(C)C. The fourth-order valence-electron chi connectivity index (χ4n) is 6.70. The van der Waals surface area contributed by atoms with Crippen molar-refractivity contribution in [2.75, 3.05) is 6.61 Å². The van der Waals surface area contributed by atoms with Crippen LogP contribution < -0.4 is 10.4 Å². The van der Waals surface area contributed by atoms with E-state index in [1.165, 1.54) is 10.4 Å². The first-order valence-corrected chi connectivity index (χ1v) is 18.5. The van der Waals surface area contributed by atoms with E-state index >= 15 is 0 Å². The molecule has 0 radical (unpaired) electrons. The number of carbonyl (C=O) groups is 1. The molecule has 0 saturated carbocycles. The Labute approximate surface area is 274 Å². The molecule has 2 aliphatic rings. The number of carbonyl (C=O) groups excluding carboxylic acids is 1. The predicted molar refractivity (Wildman–Crippen MR) is 187 cm³/mol. The molecule has 45 heavy (non-hydrogen) atoms. The first-order valence-electron chi connectivity index (χ1n) is 16.6. The zero-order chi connectivity index (χ0) is 33.4. The second-order valence-corrected chi connectivity index (χ2v) is 20.5. The number of benzene rings is 2. The van der Waals surface area contributed by atoms with Crippen LogP contribution >= 0.6 is 0 Å². The summed E-state index contributed by atoms with van der Waals surface area (Å²) in [7, 11) is -3.57. The predicted octanol–water partition coefficient (Wildman–Crippen LogP) is 7.75. The van der Waals surface area contributed by atoms with Gasteiger partial charge in [0.05, 0.1) is 29.4 Å². The highest BCUT2D eigenvalue weighted by Crippen LogP contribution is 2.43. The third-order valence-electron chi connectivity index (χ3n) is 9.53. The van der Waals surface area contributed by atoms with Gasteiger partial charge < -0.3 is 18.5 Å². The monoisotopic (exact) mass is 633 g/mol. The van der Waals surface area contributed by atoms with Gasteiger partial charge in [0.15, 0.2) is 0 Å². The number of allylic oxidation sites excluding steroid dienone is 1. The van der Waals surface area contributed by atoms with Crippen LogP contribution in [-0.4, -0.2) is 55.9 Å². The Morgan fingerprint density at radius 2 is 1.40 bits per heavy atom. The topological polar surface area (TPSA) is 57.2 Å².